The Bertz CT molecular complexity index is 437. The summed E-state index contributed by atoms with van der Waals surface area (Å²) in [5.74, 6) is 0. The number of nitrogen functional groups attached to an aromatic ring is 2. The van der Waals surface area contributed by atoms with Gasteiger partial charge in [0, 0.05) is 17.8 Å². The molecule has 1 unspecified atom stereocenters. The summed E-state index contributed by atoms with van der Waals surface area (Å²) in [5, 5.41) is 0. The standard InChI is InChI=1S/C14H22N2O/c1-4-10-8(3)13(15)12(6-9-7-17-9)11(5-2)14(10)16/h9H,4-7,15-16H2,1-3H3. The van der Waals surface area contributed by atoms with E-state index in [0.29, 0.717) is 6.10 Å². The van der Waals surface area contributed by atoms with E-state index in [1.54, 1.807) is 0 Å². The van der Waals surface area contributed by atoms with E-state index in [0.717, 1.165) is 42.8 Å². The summed E-state index contributed by atoms with van der Waals surface area (Å²) >= 11 is 0. The van der Waals surface area contributed by atoms with E-state index in [9.17, 15) is 0 Å². The number of rotatable bonds is 4. The Morgan fingerprint density at radius 3 is 2.12 bits per heavy atom. The van der Waals surface area contributed by atoms with E-state index in [2.05, 4.69) is 20.8 Å². The summed E-state index contributed by atoms with van der Waals surface area (Å²) < 4.78 is 5.31. The summed E-state index contributed by atoms with van der Waals surface area (Å²) in [6.07, 6.45) is 3.14. The monoisotopic (exact) mass is 234 g/mol. The molecule has 4 N–H and O–H groups in total. The second kappa shape index (κ2) is 4.57. The predicted molar refractivity (Wildman–Crippen MR) is 72.2 cm³/mol. The van der Waals surface area contributed by atoms with Crippen molar-refractivity contribution in [3.05, 3.63) is 22.3 Å². The van der Waals surface area contributed by atoms with Crippen molar-refractivity contribution in [3.63, 3.8) is 0 Å². The zero-order valence-corrected chi connectivity index (χ0v) is 11.0. The predicted octanol–water partition coefficient (Wildman–Crippen LogP) is 2.23. The van der Waals surface area contributed by atoms with Crippen LogP contribution in [-0.4, -0.2) is 12.7 Å². The van der Waals surface area contributed by atoms with Crippen LogP contribution in [0.15, 0.2) is 0 Å². The molecule has 0 saturated carbocycles. The fraction of sp³-hybridized carbons (Fsp3) is 0.571. The van der Waals surface area contributed by atoms with Crippen LogP contribution in [-0.2, 0) is 24.0 Å². The van der Waals surface area contributed by atoms with E-state index >= 15 is 0 Å². The quantitative estimate of drug-likeness (QED) is 0.620. The van der Waals surface area contributed by atoms with Crippen LogP contribution in [0.2, 0.25) is 0 Å². The molecule has 0 bridgehead atoms. The molecule has 0 spiro atoms. The summed E-state index contributed by atoms with van der Waals surface area (Å²) in [4.78, 5) is 0. The number of hydrogen-bond acceptors (Lipinski definition) is 3. The van der Waals surface area contributed by atoms with Gasteiger partial charge in [-0.05, 0) is 42.0 Å². The number of nitrogens with two attached hydrogens (primary N) is 2. The normalized spacial score (nSPS) is 18.4. The maximum Gasteiger partial charge on any atom is 0.0851 e. The number of ether oxygens (including phenoxy) is 1. The summed E-state index contributed by atoms with van der Waals surface area (Å²) in [6.45, 7) is 7.19. The number of hydrogen-bond donors (Lipinski definition) is 2. The maximum atomic E-state index is 6.27. The Morgan fingerprint density at radius 1 is 1.06 bits per heavy atom. The van der Waals surface area contributed by atoms with Gasteiger partial charge in [-0.1, -0.05) is 13.8 Å². The van der Waals surface area contributed by atoms with Crippen molar-refractivity contribution in [1.29, 1.82) is 0 Å². The molecule has 1 saturated heterocycles. The zero-order chi connectivity index (χ0) is 12.6. The van der Waals surface area contributed by atoms with Gasteiger partial charge in [-0.2, -0.15) is 0 Å². The molecule has 1 fully saturated rings. The highest BCUT2D eigenvalue weighted by molar-refractivity contribution is 5.71. The minimum atomic E-state index is 0.355. The molecule has 0 amide bonds. The molecule has 1 aromatic rings. The van der Waals surface area contributed by atoms with Crippen LogP contribution in [0.5, 0.6) is 0 Å². The third kappa shape index (κ3) is 2.12. The van der Waals surface area contributed by atoms with Gasteiger partial charge in [-0.15, -0.1) is 0 Å². The summed E-state index contributed by atoms with van der Waals surface area (Å²) in [7, 11) is 0. The van der Waals surface area contributed by atoms with E-state index < -0.39 is 0 Å². The largest absolute Gasteiger partial charge is 0.398 e. The first kappa shape index (κ1) is 12.2. The van der Waals surface area contributed by atoms with Crippen LogP contribution in [0.1, 0.15) is 36.1 Å². The van der Waals surface area contributed by atoms with Crippen LogP contribution in [0.4, 0.5) is 11.4 Å². The molecule has 1 aliphatic rings. The minimum Gasteiger partial charge on any atom is -0.398 e. The minimum absolute atomic E-state index is 0.355. The van der Waals surface area contributed by atoms with Gasteiger partial charge in [0.1, 0.15) is 0 Å². The molecule has 1 aromatic carbocycles. The highest BCUT2D eigenvalue weighted by Crippen LogP contribution is 2.35. The van der Waals surface area contributed by atoms with E-state index in [-0.39, 0.29) is 0 Å². The average molecular weight is 234 g/mol. The molecule has 1 heterocycles. The average Bonchev–Trinajstić information content (AvgIpc) is 3.11. The van der Waals surface area contributed by atoms with Crippen molar-refractivity contribution >= 4 is 11.4 Å². The topological polar surface area (TPSA) is 64.6 Å². The zero-order valence-electron chi connectivity index (χ0n) is 11.0. The van der Waals surface area contributed by atoms with Crippen LogP contribution in [0.25, 0.3) is 0 Å². The van der Waals surface area contributed by atoms with E-state index in [1.165, 1.54) is 16.7 Å². The van der Waals surface area contributed by atoms with Gasteiger partial charge in [-0.3, -0.25) is 0 Å². The van der Waals surface area contributed by atoms with Gasteiger partial charge >= 0.3 is 0 Å². The lowest BCUT2D eigenvalue weighted by Crippen LogP contribution is -2.11. The first-order chi connectivity index (χ1) is 8.10. The van der Waals surface area contributed by atoms with Crippen molar-refractivity contribution < 1.29 is 4.74 Å². The number of benzene rings is 1. The lowest BCUT2D eigenvalue weighted by molar-refractivity contribution is 0.407. The summed E-state index contributed by atoms with van der Waals surface area (Å²) in [6, 6.07) is 0. The van der Waals surface area contributed by atoms with E-state index in [1.807, 2.05) is 0 Å². The van der Waals surface area contributed by atoms with Crippen LogP contribution in [0, 0.1) is 6.92 Å². The van der Waals surface area contributed by atoms with Crippen molar-refractivity contribution in [1.82, 2.24) is 0 Å². The number of anilines is 2. The maximum absolute atomic E-state index is 6.27. The molecule has 0 aliphatic carbocycles. The molecule has 3 nitrogen and oxygen atoms in total. The van der Waals surface area contributed by atoms with Crippen molar-refractivity contribution in [2.75, 3.05) is 18.1 Å². The van der Waals surface area contributed by atoms with Crippen LogP contribution in [0.3, 0.4) is 0 Å². The van der Waals surface area contributed by atoms with Crippen LogP contribution >= 0.6 is 0 Å². The van der Waals surface area contributed by atoms with Crippen molar-refractivity contribution in [2.24, 2.45) is 0 Å². The Kier molecular flexibility index (Phi) is 3.29. The lowest BCUT2D eigenvalue weighted by atomic mass is 9.89. The molecule has 17 heavy (non-hydrogen) atoms. The van der Waals surface area contributed by atoms with Gasteiger partial charge < -0.3 is 16.2 Å². The van der Waals surface area contributed by atoms with Gasteiger partial charge in [-0.25, -0.2) is 0 Å². The van der Waals surface area contributed by atoms with Crippen molar-refractivity contribution in [3.8, 4) is 0 Å². The molecule has 1 aliphatic heterocycles. The Labute approximate surface area is 103 Å². The van der Waals surface area contributed by atoms with Gasteiger partial charge in [0.2, 0.25) is 0 Å². The van der Waals surface area contributed by atoms with Gasteiger partial charge in [0.15, 0.2) is 0 Å². The molecule has 2 rings (SSSR count). The second-order valence-electron chi connectivity index (χ2n) is 4.75. The summed E-state index contributed by atoms with van der Waals surface area (Å²) in [5.41, 5.74) is 19.2. The first-order valence-electron chi connectivity index (χ1n) is 6.39. The molecule has 0 radical (unpaired) electrons. The Morgan fingerprint density at radius 2 is 1.65 bits per heavy atom. The van der Waals surface area contributed by atoms with Gasteiger partial charge in [0.25, 0.3) is 0 Å². The molecular formula is C14H22N2O. The smallest absolute Gasteiger partial charge is 0.0851 e. The van der Waals surface area contributed by atoms with Crippen molar-refractivity contribution in [2.45, 2.75) is 46.1 Å². The fourth-order valence-electron chi connectivity index (χ4n) is 2.60. The third-order valence-electron chi connectivity index (χ3n) is 3.74. The molecular weight excluding hydrogens is 212 g/mol. The molecule has 94 valence electrons. The molecule has 1 atom stereocenters. The Balaban J connectivity index is 2.55. The van der Waals surface area contributed by atoms with E-state index in [4.69, 9.17) is 16.2 Å². The third-order valence-corrected chi connectivity index (χ3v) is 3.74. The second-order valence-corrected chi connectivity index (χ2v) is 4.75. The Hall–Kier alpha value is -1.22. The van der Waals surface area contributed by atoms with Gasteiger partial charge in [0.05, 0.1) is 12.7 Å². The lowest BCUT2D eigenvalue weighted by Gasteiger charge is -2.20. The highest BCUT2D eigenvalue weighted by Gasteiger charge is 2.26. The number of epoxide rings is 1. The van der Waals surface area contributed by atoms with Crippen LogP contribution < -0.4 is 11.5 Å². The molecule has 0 aromatic heterocycles. The first-order valence-corrected chi connectivity index (χ1v) is 6.39. The fourth-order valence-corrected chi connectivity index (χ4v) is 2.60. The SMILES string of the molecule is CCc1c(C)c(N)c(CC2CO2)c(CC)c1N. The highest BCUT2D eigenvalue weighted by atomic mass is 16.6. The molecule has 3 heteroatoms.